The Labute approximate surface area is 345 Å². The van der Waals surface area contributed by atoms with Crippen molar-refractivity contribution in [2.75, 3.05) is 66.1 Å². The molecule has 0 radical (unpaired) electrons. The lowest BCUT2D eigenvalue weighted by molar-refractivity contribution is -0.675. The highest BCUT2D eigenvalue weighted by Crippen LogP contribution is 2.31. The molecule has 0 amide bonds. The molecule has 1 aromatic heterocycles. The van der Waals surface area contributed by atoms with Crippen molar-refractivity contribution in [1.29, 1.82) is 0 Å². The minimum Gasteiger partial charge on any atom is -0.487 e. The van der Waals surface area contributed by atoms with E-state index in [2.05, 4.69) is 108 Å². The molecule has 0 bridgehead atoms. The Balaban J connectivity index is 0.951. The van der Waals surface area contributed by atoms with Crippen LogP contribution in [0.25, 0.3) is 33.6 Å². The Morgan fingerprint density at radius 2 is 0.845 bits per heavy atom. The van der Waals surface area contributed by atoms with E-state index in [0.29, 0.717) is 89.6 Å². The molecule has 1 aliphatic heterocycles. The molecule has 0 saturated carbocycles. The molecule has 0 unspecified atom stereocenters. The summed E-state index contributed by atoms with van der Waals surface area (Å²) in [5.74, 6) is 1.26. The van der Waals surface area contributed by atoms with Crippen LogP contribution in [0.15, 0.2) is 121 Å². The summed E-state index contributed by atoms with van der Waals surface area (Å²) in [5, 5.41) is 0. The number of pyridine rings is 1. The Kier molecular flexibility index (Phi) is 18.3. The fraction of sp³-hybridized carbons (Fsp3) is 0.400. The Morgan fingerprint density at radius 3 is 1.36 bits per heavy atom. The zero-order valence-corrected chi connectivity index (χ0v) is 34.0. The van der Waals surface area contributed by atoms with Crippen molar-refractivity contribution < 1.29 is 37.8 Å². The van der Waals surface area contributed by atoms with Crippen LogP contribution in [0.3, 0.4) is 0 Å². The number of ketones is 1. The van der Waals surface area contributed by atoms with Crippen molar-refractivity contribution in [2.24, 2.45) is 0 Å². The second-order valence-corrected chi connectivity index (χ2v) is 14.6. The van der Waals surface area contributed by atoms with Gasteiger partial charge < -0.3 is 28.4 Å². The average molecular weight is 787 g/mol. The number of nitrogens with zero attached hydrogens (tertiary/aromatic N) is 1. The third-order valence-corrected chi connectivity index (χ3v) is 10.3. The monoisotopic (exact) mass is 786 g/mol. The molecule has 0 spiro atoms. The van der Waals surface area contributed by atoms with E-state index in [1.54, 1.807) is 6.07 Å². The molecule has 0 atom stereocenters. The molecule has 0 aliphatic carbocycles. The van der Waals surface area contributed by atoms with Crippen LogP contribution in [0.5, 0.6) is 11.5 Å². The van der Waals surface area contributed by atoms with Crippen LogP contribution in [0.4, 0.5) is 0 Å². The summed E-state index contributed by atoms with van der Waals surface area (Å²) in [6.45, 7) is 5.52. The Morgan fingerprint density at radius 1 is 0.414 bits per heavy atom. The first kappa shape index (κ1) is 42.7. The fourth-order valence-corrected chi connectivity index (χ4v) is 7.21. The molecule has 1 aliphatic rings. The number of hydrogen-bond acceptors (Lipinski definition) is 7. The van der Waals surface area contributed by atoms with Crippen LogP contribution in [0, 0.1) is 0 Å². The van der Waals surface area contributed by atoms with E-state index in [-0.39, 0.29) is 5.78 Å². The highest BCUT2D eigenvalue weighted by molar-refractivity contribution is 5.96. The van der Waals surface area contributed by atoms with E-state index in [0.717, 1.165) is 32.2 Å². The van der Waals surface area contributed by atoms with Gasteiger partial charge >= 0.3 is 0 Å². The summed E-state index contributed by atoms with van der Waals surface area (Å²) >= 11 is 0. The van der Waals surface area contributed by atoms with Crippen LogP contribution >= 0.6 is 0 Å². The van der Waals surface area contributed by atoms with Crippen LogP contribution < -0.4 is 14.0 Å². The molecular weight excluding hydrogens is 727 g/mol. The lowest BCUT2D eigenvalue weighted by Crippen LogP contribution is -2.39. The van der Waals surface area contributed by atoms with E-state index in [9.17, 15) is 4.79 Å². The van der Waals surface area contributed by atoms with E-state index in [1.165, 1.54) is 59.3 Å². The second-order valence-electron chi connectivity index (χ2n) is 14.6. The number of rotatable bonds is 15. The molecule has 6 rings (SSSR count). The molecule has 0 N–H and O–H groups in total. The first-order chi connectivity index (χ1) is 28.8. The molecule has 0 saturated heterocycles. The maximum atomic E-state index is 13.2. The van der Waals surface area contributed by atoms with Crippen molar-refractivity contribution in [2.45, 2.75) is 64.3 Å². The topological polar surface area (TPSA) is 76.3 Å². The van der Waals surface area contributed by atoms with Crippen LogP contribution in [0.1, 0.15) is 68.1 Å². The molecule has 0 fully saturated rings. The smallest absolute Gasteiger partial charge is 0.213 e. The minimum atomic E-state index is 0.127. The van der Waals surface area contributed by atoms with Gasteiger partial charge in [0, 0.05) is 41.7 Å². The molecule has 2 heterocycles. The summed E-state index contributed by atoms with van der Waals surface area (Å²) < 4.78 is 36.8. The fourth-order valence-electron chi connectivity index (χ4n) is 7.21. The zero-order chi connectivity index (χ0) is 39.9. The summed E-state index contributed by atoms with van der Waals surface area (Å²) in [5.41, 5.74) is 8.04. The second kappa shape index (κ2) is 24.8. The zero-order valence-electron chi connectivity index (χ0n) is 34.0. The minimum absolute atomic E-state index is 0.127. The summed E-state index contributed by atoms with van der Waals surface area (Å²) in [6, 6.07) is 42.4. The average Bonchev–Trinajstić information content (AvgIpc) is 3.27. The van der Waals surface area contributed by atoms with Gasteiger partial charge in [-0.25, -0.2) is 0 Å². The van der Waals surface area contributed by atoms with Gasteiger partial charge in [0.25, 0.3) is 0 Å². The maximum Gasteiger partial charge on any atom is 0.213 e. The summed E-state index contributed by atoms with van der Waals surface area (Å²) in [4.78, 5) is 13.2. The van der Waals surface area contributed by atoms with Crippen molar-refractivity contribution in [3.63, 3.8) is 0 Å². The largest absolute Gasteiger partial charge is 0.487 e. The molecule has 8 nitrogen and oxygen atoms in total. The molecule has 8 heteroatoms. The summed E-state index contributed by atoms with van der Waals surface area (Å²) in [6.07, 6.45) is 9.49. The molecular formula is C50H60NO7+. The standard InChI is InChI=1S/C50H60NO7/c52-48(44-25-26-49-50(40-44)58-37-35-56-33-31-54-29-28-53-30-32-55-34-36-57-49)24-16-5-3-1-2-4-6-17-27-51-46(42-20-12-8-13-21-42)38-45(41-18-10-7-11-19-41)39-47(51)43-22-14-9-15-23-43/h7-15,18-23,25-26,38-40H,1-6,16-17,24,27-37H2/q+1. The lowest BCUT2D eigenvalue weighted by atomic mass is 9.98. The van der Waals surface area contributed by atoms with Gasteiger partial charge in [-0.15, -0.1) is 0 Å². The first-order valence-corrected chi connectivity index (χ1v) is 21.2. The van der Waals surface area contributed by atoms with Gasteiger partial charge in [-0.2, -0.15) is 4.57 Å². The predicted molar refractivity (Wildman–Crippen MR) is 230 cm³/mol. The number of Topliss-reactive ketones (excluding diaryl/α,β-unsaturated/α-hetero) is 1. The lowest BCUT2D eigenvalue weighted by Gasteiger charge is -2.15. The van der Waals surface area contributed by atoms with Gasteiger partial charge in [0.1, 0.15) is 19.8 Å². The van der Waals surface area contributed by atoms with Crippen molar-refractivity contribution in [3.8, 4) is 45.1 Å². The molecule has 4 aromatic carbocycles. The van der Waals surface area contributed by atoms with Crippen molar-refractivity contribution in [1.82, 2.24) is 0 Å². The number of unbranched alkanes of at least 4 members (excludes halogenated alkanes) is 7. The van der Waals surface area contributed by atoms with E-state index >= 15 is 0 Å². The first-order valence-electron chi connectivity index (χ1n) is 21.2. The van der Waals surface area contributed by atoms with Gasteiger partial charge in [0.05, 0.1) is 52.9 Å². The van der Waals surface area contributed by atoms with Crippen molar-refractivity contribution in [3.05, 3.63) is 127 Å². The highest BCUT2D eigenvalue weighted by atomic mass is 16.6. The number of ether oxygens (including phenoxy) is 6. The number of fused-ring (bicyclic) bond motifs is 1. The van der Waals surface area contributed by atoms with Gasteiger partial charge in [0.2, 0.25) is 11.4 Å². The quantitative estimate of drug-likeness (QED) is 0.0594. The highest BCUT2D eigenvalue weighted by Gasteiger charge is 2.22. The maximum absolute atomic E-state index is 13.2. The van der Waals surface area contributed by atoms with E-state index in [4.69, 9.17) is 28.4 Å². The number of aromatic nitrogens is 1. The van der Waals surface area contributed by atoms with Gasteiger partial charge in [-0.3, -0.25) is 4.79 Å². The molecule has 306 valence electrons. The normalized spacial score (nSPS) is 14.6. The number of benzene rings is 4. The van der Waals surface area contributed by atoms with Gasteiger partial charge in [0.15, 0.2) is 17.3 Å². The van der Waals surface area contributed by atoms with Gasteiger partial charge in [-0.05, 0) is 66.4 Å². The third-order valence-electron chi connectivity index (χ3n) is 10.3. The third kappa shape index (κ3) is 13.9. The molecule has 58 heavy (non-hydrogen) atoms. The Hall–Kier alpha value is -4.86. The number of carbonyl (C=O) groups excluding carboxylic acids is 1. The van der Waals surface area contributed by atoms with Crippen LogP contribution in [-0.2, 0) is 25.5 Å². The molecule has 5 aromatic rings. The number of hydrogen-bond donors (Lipinski definition) is 0. The number of carbonyl (C=O) groups is 1. The summed E-state index contributed by atoms with van der Waals surface area (Å²) in [7, 11) is 0. The SMILES string of the molecule is O=C(CCCCCCCCCC[n+]1c(-c2ccccc2)cc(-c2ccccc2)cc1-c1ccccc1)c1ccc2c(c1)OCCOCCOCCOCCOCCO2. The van der Waals surface area contributed by atoms with Crippen molar-refractivity contribution >= 4 is 5.78 Å². The predicted octanol–water partition coefficient (Wildman–Crippen LogP) is 10.2. The van der Waals surface area contributed by atoms with E-state index < -0.39 is 0 Å². The van der Waals surface area contributed by atoms with Crippen LogP contribution in [-0.4, -0.2) is 71.9 Å². The Bertz CT molecular complexity index is 1860. The van der Waals surface area contributed by atoms with Gasteiger partial charge in [-0.1, -0.05) is 98.8 Å². The van der Waals surface area contributed by atoms with Crippen LogP contribution in [0.2, 0.25) is 0 Å². The van der Waals surface area contributed by atoms with E-state index in [1.807, 2.05) is 12.1 Å².